The molecule has 1 aromatic carbocycles. The van der Waals surface area contributed by atoms with Crippen LogP contribution in [-0.2, 0) is 6.54 Å². The van der Waals surface area contributed by atoms with Crippen LogP contribution in [0.25, 0.3) is 5.65 Å². The van der Waals surface area contributed by atoms with Gasteiger partial charge in [0.1, 0.15) is 12.1 Å². The summed E-state index contributed by atoms with van der Waals surface area (Å²) in [5.74, 6) is -1.47. The van der Waals surface area contributed by atoms with Gasteiger partial charge in [-0.25, -0.2) is 22.7 Å². The van der Waals surface area contributed by atoms with Gasteiger partial charge in [-0.05, 0) is 12.1 Å². The lowest BCUT2D eigenvalue weighted by atomic mass is 10.1. The number of carbonyl (C=O) groups is 1. The van der Waals surface area contributed by atoms with E-state index in [1.165, 1.54) is 29.2 Å². The maximum Gasteiger partial charge on any atom is 0.266 e. The summed E-state index contributed by atoms with van der Waals surface area (Å²) >= 11 is 0. The minimum absolute atomic E-state index is 0.00187. The number of alkyl halides is 2. The van der Waals surface area contributed by atoms with Gasteiger partial charge in [-0.1, -0.05) is 18.2 Å². The second kappa shape index (κ2) is 6.07. The minimum Gasteiger partial charge on any atom is -0.348 e. The van der Waals surface area contributed by atoms with Crippen molar-refractivity contribution in [2.24, 2.45) is 0 Å². The SMILES string of the molecule is O=C(NCc1cccc(C(F)F)c1F)c1ccc2ncnn2c1. The van der Waals surface area contributed by atoms with Crippen molar-refractivity contribution < 1.29 is 18.0 Å². The zero-order chi connectivity index (χ0) is 16.4. The zero-order valence-corrected chi connectivity index (χ0v) is 11.7. The number of aromatic nitrogens is 3. The number of pyridine rings is 1. The Labute approximate surface area is 128 Å². The van der Waals surface area contributed by atoms with E-state index in [-0.39, 0.29) is 12.1 Å². The summed E-state index contributed by atoms with van der Waals surface area (Å²) in [5.41, 5.74) is 0.199. The molecule has 0 aliphatic carbocycles. The average molecular weight is 320 g/mol. The number of hydrogen-bond donors (Lipinski definition) is 1. The highest BCUT2D eigenvalue weighted by Crippen LogP contribution is 2.23. The third-order valence-corrected chi connectivity index (χ3v) is 3.32. The molecule has 0 aliphatic heterocycles. The number of nitrogens with zero attached hydrogens (tertiary/aromatic N) is 3. The first kappa shape index (κ1) is 15.0. The molecule has 3 aromatic rings. The molecule has 2 heterocycles. The van der Waals surface area contributed by atoms with E-state index in [2.05, 4.69) is 15.4 Å². The van der Waals surface area contributed by atoms with E-state index < -0.39 is 23.7 Å². The fourth-order valence-electron chi connectivity index (χ4n) is 2.13. The fraction of sp³-hybridized carbons (Fsp3) is 0.133. The molecule has 0 saturated heterocycles. The van der Waals surface area contributed by atoms with Crippen LogP contribution in [0, 0.1) is 5.82 Å². The Kier molecular flexibility index (Phi) is 3.96. The van der Waals surface area contributed by atoms with Crippen molar-refractivity contribution >= 4 is 11.6 Å². The molecule has 23 heavy (non-hydrogen) atoms. The normalized spacial score (nSPS) is 11.1. The molecule has 0 aliphatic rings. The molecule has 0 saturated carbocycles. The van der Waals surface area contributed by atoms with E-state index in [1.54, 1.807) is 12.1 Å². The van der Waals surface area contributed by atoms with E-state index in [9.17, 15) is 18.0 Å². The molecular weight excluding hydrogens is 309 g/mol. The quantitative estimate of drug-likeness (QED) is 0.804. The Morgan fingerprint density at radius 3 is 2.87 bits per heavy atom. The lowest BCUT2D eigenvalue weighted by Crippen LogP contribution is -2.24. The molecular formula is C15H11F3N4O. The molecule has 1 N–H and O–H groups in total. The van der Waals surface area contributed by atoms with Crippen LogP contribution in [0.5, 0.6) is 0 Å². The summed E-state index contributed by atoms with van der Waals surface area (Å²) in [7, 11) is 0. The van der Waals surface area contributed by atoms with Crippen molar-refractivity contribution in [1.29, 1.82) is 0 Å². The maximum absolute atomic E-state index is 13.9. The molecule has 0 radical (unpaired) electrons. The number of fused-ring (bicyclic) bond motifs is 1. The highest BCUT2D eigenvalue weighted by Gasteiger charge is 2.16. The van der Waals surface area contributed by atoms with Crippen LogP contribution in [0.2, 0.25) is 0 Å². The number of nitrogens with one attached hydrogen (secondary N) is 1. The molecule has 0 fully saturated rings. The Morgan fingerprint density at radius 2 is 2.09 bits per heavy atom. The van der Waals surface area contributed by atoms with Crippen LogP contribution in [0.1, 0.15) is 27.9 Å². The van der Waals surface area contributed by atoms with E-state index in [1.807, 2.05) is 0 Å². The van der Waals surface area contributed by atoms with Crippen molar-refractivity contribution in [2.75, 3.05) is 0 Å². The second-order valence-corrected chi connectivity index (χ2v) is 4.78. The first-order valence-electron chi connectivity index (χ1n) is 6.69. The maximum atomic E-state index is 13.9. The standard InChI is InChI=1S/C15H11F3N4O/c16-13-9(2-1-3-11(13)14(17)18)6-19-15(23)10-4-5-12-20-8-21-22(12)7-10/h1-5,7-8,14H,6H2,(H,19,23). The van der Waals surface area contributed by atoms with Gasteiger partial charge in [0.15, 0.2) is 5.65 Å². The minimum atomic E-state index is -2.90. The van der Waals surface area contributed by atoms with Gasteiger partial charge >= 0.3 is 0 Å². The molecule has 2 aromatic heterocycles. The number of carbonyl (C=O) groups excluding carboxylic acids is 1. The van der Waals surface area contributed by atoms with Crippen LogP contribution < -0.4 is 5.32 Å². The lowest BCUT2D eigenvalue weighted by Gasteiger charge is -2.09. The number of benzene rings is 1. The van der Waals surface area contributed by atoms with Gasteiger partial charge in [0.05, 0.1) is 11.1 Å². The molecule has 0 unspecified atom stereocenters. The Hall–Kier alpha value is -2.90. The molecule has 0 spiro atoms. The van der Waals surface area contributed by atoms with Gasteiger partial charge in [0, 0.05) is 18.3 Å². The van der Waals surface area contributed by atoms with Crippen molar-refractivity contribution in [3.05, 3.63) is 65.4 Å². The summed E-state index contributed by atoms with van der Waals surface area (Å²) in [4.78, 5) is 16.0. The fourth-order valence-corrected chi connectivity index (χ4v) is 2.13. The lowest BCUT2D eigenvalue weighted by molar-refractivity contribution is 0.0950. The second-order valence-electron chi connectivity index (χ2n) is 4.78. The monoisotopic (exact) mass is 320 g/mol. The summed E-state index contributed by atoms with van der Waals surface area (Å²) in [6, 6.07) is 6.85. The van der Waals surface area contributed by atoms with Crippen molar-refractivity contribution in [2.45, 2.75) is 13.0 Å². The molecule has 8 heteroatoms. The van der Waals surface area contributed by atoms with Gasteiger partial charge < -0.3 is 5.32 Å². The first-order chi connectivity index (χ1) is 11.1. The summed E-state index contributed by atoms with van der Waals surface area (Å²) < 4.78 is 40.6. The molecule has 5 nitrogen and oxygen atoms in total. The number of rotatable bonds is 4. The number of halogens is 3. The van der Waals surface area contributed by atoms with Crippen LogP contribution in [-0.4, -0.2) is 20.5 Å². The van der Waals surface area contributed by atoms with E-state index >= 15 is 0 Å². The molecule has 118 valence electrons. The van der Waals surface area contributed by atoms with E-state index in [0.29, 0.717) is 11.2 Å². The predicted octanol–water partition coefficient (Wildman–Crippen LogP) is 2.74. The van der Waals surface area contributed by atoms with Gasteiger partial charge in [-0.2, -0.15) is 5.10 Å². The summed E-state index contributed by atoms with van der Waals surface area (Å²) in [5, 5.41) is 6.40. The molecule has 1 amide bonds. The van der Waals surface area contributed by atoms with Gasteiger partial charge in [-0.3, -0.25) is 4.79 Å². The highest BCUT2D eigenvalue weighted by atomic mass is 19.3. The average Bonchev–Trinajstić information content (AvgIpc) is 3.00. The summed E-state index contributed by atoms with van der Waals surface area (Å²) in [6.07, 6.45) is -0.0772. The largest absolute Gasteiger partial charge is 0.348 e. The Morgan fingerprint density at radius 1 is 1.26 bits per heavy atom. The molecule has 3 rings (SSSR count). The van der Waals surface area contributed by atoms with Crippen LogP contribution in [0.4, 0.5) is 13.2 Å². The predicted molar refractivity (Wildman–Crippen MR) is 75.5 cm³/mol. The van der Waals surface area contributed by atoms with Gasteiger partial charge in [0.25, 0.3) is 12.3 Å². The summed E-state index contributed by atoms with van der Waals surface area (Å²) in [6.45, 7) is -0.194. The van der Waals surface area contributed by atoms with Gasteiger partial charge in [0.2, 0.25) is 0 Å². The van der Waals surface area contributed by atoms with Crippen LogP contribution in [0.15, 0.2) is 42.9 Å². The number of hydrogen-bond acceptors (Lipinski definition) is 3. The zero-order valence-electron chi connectivity index (χ0n) is 11.7. The topological polar surface area (TPSA) is 59.3 Å². The molecule has 0 atom stereocenters. The van der Waals surface area contributed by atoms with Crippen LogP contribution in [0.3, 0.4) is 0 Å². The van der Waals surface area contributed by atoms with Gasteiger partial charge in [-0.15, -0.1) is 0 Å². The van der Waals surface area contributed by atoms with Crippen molar-refractivity contribution in [3.63, 3.8) is 0 Å². The smallest absolute Gasteiger partial charge is 0.266 e. The van der Waals surface area contributed by atoms with Crippen molar-refractivity contribution in [3.8, 4) is 0 Å². The first-order valence-corrected chi connectivity index (χ1v) is 6.69. The highest BCUT2D eigenvalue weighted by molar-refractivity contribution is 5.94. The molecule has 0 bridgehead atoms. The Balaban J connectivity index is 1.75. The van der Waals surface area contributed by atoms with Crippen molar-refractivity contribution in [1.82, 2.24) is 19.9 Å². The van der Waals surface area contributed by atoms with Crippen LogP contribution >= 0.6 is 0 Å². The Bertz CT molecular complexity index is 863. The van der Waals surface area contributed by atoms with E-state index in [0.717, 1.165) is 6.07 Å². The van der Waals surface area contributed by atoms with E-state index in [4.69, 9.17) is 0 Å². The number of amides is 1. The third-order valence-electron chi connectivity index (χ3n) is 3.32. The third kappa shape index (κ3) is 3.01.